The molecule has 2 aromatic heterocycles. The van der Waals surface area contributed by atoms with E-state index in [2.05, 4.69) is 10.1 Å². The average Bonchev–Trinajstić information content (AvgIpc) is 3.31. The molecule has 5 aromatic rings. The van der Waals surface area contributed by atoms with Gasteiger partial charge >= 0.3 is 5.97 Å². The van der Waals surface area contributed by atoms with E-state index in [1.165, 1.54) is 18.0 Å². The zero-order valence-electron chi connectivity index (χ0n) is 17.5. The zero-order chi connectivity index (χ0) is 22.9. The highest BCUT2D eigenvalue weighted by Gasteiger charge is 2.24. The summed E-state index contributed by atoms with van der Waals surface area (Å²) in [5.41, 5.74) is 3.39. The van der Waals surface area contributed by atoms with Gasteiger partial charge in [0.25, 0.3) is 0 Å². The van der Waals surface area contributed by atoms with E-state index >= 15 is 0 Å². The first kappa shape index (κ1) is 21.2. The Hall–Kier alpha value is -3.61. The number of halogens is 2. The maximum atomic E-state index is 12.7. The molecule has 0 amide bonds. The molecular formula is C25H17Cl2N3O3. The Kier molecular flexibility index (Phi) is 5.62. The minimum absolute atomic E-state index is 0.173. The molecule has 8 heteroatoms. The van der Waals surface area contributed by atoms with E-state index in [0.717, 1.165) is 22.1 Å². The SMILES string of the molecule is COC(=O)c1c(OCc2ccccc2)c2ccc(-c3cc(Cl)cc(Cl)c3)cc2c2ncnn12. The third kappa shape index (κ3) is 3.99. The molecule has 0 unspecified atom stereocenters. The van der Waals surface area contributed by atoms with Gasteiger partial charge in [-0.3, -0.25) is 0 Å². The van der Waals surface area contributed by atoms with Crippen LogP contribution < -0.4 is 4.74 Å². The van der Waals surface area contributed by atoms with Gasteiger partial charge in [0.15, 0.2) is 17.1 Å². The molecule has 164 valence electrons. The molecule has 2 heterocycles. The minimum Gasteiger partial charge on any atom is -0.486 e. The van der Waals surface area contributed by atoms with Crippen molar-refractivity contribution in [2.75, 3.05) is 7.11 Å². The molecule has 0 aliphatic heterocycles. The van der Waals surface area contributed by atoms with Crippen LogP contribution in [0.5, 0.6) is 5.75 Å². The van der Waals surface area contributed by atoms with Crippen LogP contribution in [0.2, 0.25) is 10.0 Å². The number of hydrogen-bond acceptors (Lipinski definition) is 5. The van der Waals surface area contributed by atoms with Gasteiger partial charge in [0.2, 0.25) is 0 Å². The Balaban J connectivity index is 1.73. The number of benzene rings is 3. The van der Waals surface area contributed by atoms with E-state index in [1.807, 2.05) is 60.7 Å². The van der Waals surface area contributed by atoms with Crippen molar-refractivity contribution in [3.05, 3.63) is 94.4 Å². The number of carbonyl (C=O) groups is 1. The van der Waals surface area contributed by atoms with Gasteiger partial charge in [0.05, 0.1) is 7.11 Å². The summed E-state index contributed by atoms with van der Waals surface area (Å²) in [5, 5.41) is 6.82. The fraction of sp³-hybridized carbons (Fsp3) is 0.0800. The van der Waals surface area contributed by atoms with Crippen LogP contribution in [0.15, 0.2) is 73.1 Å². The highest BCUT2D eigenvalue weighted by molar-refractivity contribution is 6.35. The quantitative estimate of drug-likeness (QED) is 0.281. The molecule has 0 N–H and O–H groups in total. The van der Waals surface area contributed by atoms with E-state index in [-0.39, 0.29) is 12.3 Å². The second kappa shape index (κ2) is 8.73. The molecule has 0 bridgehead atoms. The summed E-state index contributed by atoms with van der Waals surface area (Å²) in [4.78, 5) is 17.1. The topological polar surface area (TPSA) is 65.7 Å². The number of aromatic nitrogens is 3. The number of rotatable bonds is 5. The number of esters is 1. The Morgan fingerprint density at radius 3 is 2.42 bits per heavy atom. The largest absolute Gasteiger partial charge is 0.486 e. The van der Waals surface area contributed by atoms with Gasteiger partial charge < -0.3 is 9.47 Å². The molecule has 3 aromatic carbocycles. The van der Waals surface area contributed by atoms with Crippen molar-refractivity contribution in [3.8, 4) is 16.9 Å². The Morgan fingerprint density at radius 2 is 1.70 bits per heavy atom. The van der Waals surface area contributed by atoms with Crippen LogP contribution in [0.3, 0.4) is 0 Å². The lowest BCUT2D eigenvalue weighted by Gasteiger charge is -2.16. The zero-order valence-corrected chi connectivity index (χ0v) is 19.0. The van der Waals surface area contributed by atoms with Crippen LogP contribution >= 0.6 is 23.2 Å². The number of methoxy groups -OCH3 is 1. The first-order valence-electron chi connectivity index (χ1n) is 10.1. The van der Waals surface area contributed by atoms with Crippen LogP contribution in [0.1, 0.15) is 16.1 Å². The normalized spacial score (nSPS) is 11.1. The second-order valence-corrected chi connectivity index (χ2v) is 8.23. The van der Waals surface area contributed by atoms with Crippen molar-refractivity contribution in [1.82, 2.24) is 14.6 Å². The van der Waals surface area contributed by atoms with E-state index in [0.29, 0.717) is 26.8 Å². The third-order valence-electron chi connectivity index (χ3n) is 5.28. The molecule has 0 aliphatic rings. The number of carbonyl (C=O) groups excluding carboxylic acids is 1. The van der Waals surface area contributed by atoms with Gasteiger partial charge in [0.1, 0.15) is 12.9 Å². The van der Waals surface area contributed by atoms with Gasteiger partial charge in [0, 0.05) is 20.8 Å². The van der Waals surface area contributed by atoms with Crippen LogP contribution in [0.4, 0.5) is 0 Å². The summed E-state index contributed by atoms with van der Waals surface area (Å²) < 4.78 is 12.7. The Labute approximate surface area is 199 Å². The van der Waals surface area contributed by atoms with Crippen molar-refractivity contribution < 1.29 is 14.3 Å². The number of ether oxygens (including phenoxy) is 2. The van der Waals surface area contributed by atoms with E-state index in [4.69, 9.17) is 32.7 Å². The molecule has 0 aliphatic carbocycles. The summed E-state index contributed by atoms with van der Waals surface area (Å²) in [6.07, 6.45) is 1.39. The van der Waals surface area contributed by atoms with Crippen LogP contribution in [0, 0.1) is 0 Å². The van der Waals surface area contributed by atoms with Crippen LogP contribution in [-0.4, -0.2) is 27.7 Å². The molecular weight excluding hydrogens is 461 g/mol. The lowest BCUT2D eigenvalue weighted by Crippen LogP contribution is -2.13. The lowest BCUT2D eigenvalue weighted by molar-refractivity contribution is 0.0585. The molecule has 6 nitrogen and oxygen atoms in total. The smallest absolute Gasteiger partial charge is 0.360 e. The maximum absolute atomic E-state index is 12.7. The molecule has 0 saturated carbocycles. The third-order valence-corrected chi connectivity index (χ3v) is 5.72. The second-order valence-electron chi connectivity index (χ2n) is 7.36. The highest BCUT2D eigenvalue weighted by atomic mass is 35.5. The monoisotopic (exact) mass is 477 g/mol. The van der Waals surface area contributed by atoms with Gasteiger partial charge in [-0.25, -0.2) is 14.3 Å². The van der Waals surface area contributed by atoms with Gasteiger partial charge in [-0.1, -0.05) is 59.6 Å². The highest BCUT2D eigenvalue weighted by Crippen LogP contribution is 2.37. The maximum Gasteiger partial charge on any atom is 0.360 e. The first-order chi connectivity index (χ1) is 16.0. The minimum atomic E-state index is -0.568. The van der Waals surface area contributed by atoms with Crippen molar-refractivity contribution in [2.45, 2.75) is 6.61 Å². The van der Waals surface area contributed by atoms with E-state index in [1.54, 1.807) is 6.07 Å². The molecule has 0 radical (unpaired) electrons. The van der Waals surface area contributed by atoms with Gasteiger partial charge in [-0.2, -0.15) is 5.10 Å². The van der Waals surface area contributed by atoms with Crippen molar-refractivity contribution in [2.24, 2.45) is 0 Å². The van der Waals surface area contributed by atoms with E-state index < -0.39 is 5.97 Å². The molecule has 0 fully saturated rings. The molecule has 0 saturated heterocycles. The first-order valence-corrected chi connectivity index (χ1v) is 10.8. The standard InChI is InChI=1S/C25H17Cl2N3O3/c1-32-25(31)22-23(33-13-15-5-3-2-4-6-15)20-8-7-16(17-9-18(26)12-19(27)10-17)11-21(20)24-28-14-29-30(22)24/h2-12,14H,13H2,1H3. The molecule has 0 spiro atoms. The number of pyridine rings is 1. The van der Waals surface area contributed by atoms with Crippen LogP contribution in [-0.2, 0) is 11.3 Å². The van der Waals surface area contributed by atoms with Crippen molar-refractivity contribution in [1.29, 1.82) is 0 Å². The Morgan fingerprint density at radius 1 is 0.939 bits per heavy atom. The summed E-state index contributed by atoms with van der Waals surface area (Å²) in [7, 11) is 1.32. The molecule has 33 heavy (non-hydrogen) atoms. The fourth-order valence-electron chi connectivity index (χ4n) is 3.79. The summed E-state index contributed by atoms with van der Waals surface area (Å²) in [6.45, 7) is 0.270. The van der Waals surface area contributed by atoms with E-state index in [9.17, 15) is 4.79 Å². The van der Waals surface area contributed by atoms with Gasteiger partial charge in [-0.05, 0) is 47.0 Å². The number of nitrogens with zero attached hydrogens (tertiary/aromatic N) is 3. The van der Waals surface area contributed by atoms with Crippen molar-refractivity contribution in [3.63, 3.8) is 0 Å². The number of hydrogen-bond donors (Lipinski definition) is 0. The number of fused-ring (bicyclic) bond motifs is 3. The molecule has 0 atom stereocenters. The summed E-state index contributed by atoms with van der Waals surface area (Å²) in [6, 6.07) is 20.8. The predicted octanol–water partition coefficient (Wildman–Crippen LogP) is 6.22. The summed E-state index contributed by atoms with van der Waals surface area (Å²) in [5.74, 6) is -0.199. The van der Waals surface area contributed by atoms with Gasteiger partial charge in [-0.15, -0.1) is 0 Å². The fourth-order valence-corrected chi connectivity index (χ4v) is 4.32. The summed E-state index contributed by atoms with van der Waals surface area (Å²) >= 11 is 12.4. The average molecular weight is 478 g/mol. The van der Waals surface area contributed by atoms with Crippen molar-refractivity contribution >= 4 is 45.6 Å². The van der Waals surface area contributed by atoms with Crippen LogP contribution in [0.25, 0.3) is 27.5 Å². The lowest BCUT2D eigenvalue weighted by atomic mass is 10.0. The predicted molar refractivity (Wildman–Crippen MR) is 128 cm³/mol. The molecule has 5 rings (SSSR count). The Bertz CT molecular complexity index is 1480.